The molecule has 0 aliphatic carbocycles. The monoisotopic (exact) mass is 511 g/mol. The van der Waals surface area contributed by atoms with Crippen LogP contribution < -0.4 is 5.32 Å². The number of aliphatic hydroxyl groups excluding tert-OH is 1. The van der Waals surface area contributed by atoms with Gasteiger partial charge >= 0.3 is 0 Å². The number of benzene rings is 2. The third-order valence-electron chi connectivity index (χ3n) is 5.89. The van der Waals surface area contributed by atoms with Crippen molar-refractivity contribution in [2.45, 2.75) is 69.8 Å². The van der Waals surface area contributed by atoms with Gasteiger partial charge in [-0.05, 0) is 49.1 Å². The summed E-state index contributed by atoms with van der Waals surface area (Å²) in [4.78, 5) is 0. The molecule has 0 saturated carbocycles. The Bertz CT molecular complexity index is 698. The fraction of sp³-hybridized carbons (Fsp3) is 0.538. The maximum atomic E-state index is 12.2. The molecule has 3 N–H and O–H groups in total. The fourth-order valence-corrected chi connectivity index (χ4v) is 4.38. The van der Waals surface area contributed by atoms with Crippen LogP contribution in [0.15, 0.2) is 59.1 Å². The van der Waals surface area contributed by atoms with Gasteiger partial charge in [-0.1, -0.05) is 97.4 Å². The molecule has 31 heavy (non-hydrogen) atoms. The lowest BCUT2D eigenvalue weighted by Crippen LogP contribution is -2.40. The molecule has 2 aromatic rings. The molecule has 0 fully saturated rings. The van der Waals surface area contributed by atoms with Crippen LogP contribution in [-0.4, -0.2) is 29.9 Å². The molecular weight excluding hydrogens is 474 g/mol. The Morgan fingerprint density at radius 1 is 0.903 bits per heavy atom. The Labute approximate surface area is 203 Å². The van der Waals surface area contributed by atoms with Crippen LogP contribution in [-0.2, 0) is 5.60 Å². The van der Waals surface area contributed by atoms with Crippen molar-refractivity contribution < 1.29 is 10.2 Å². The summed E-state index contributed by atoms with van der Waals surface area (Å²) >= 11 is 3.53. The third-order valence-corrected chi connectivity index (χ3v) is 6.42. The summed E-state index contributed by atoms with van der Waals surface area (Å²) in [5.41, 5.74) is 1.21. The lowest BCUT2D eigenvalue weighted by Gasteiger charge is -2.38. The molecule has 0 bridgehead atoms. The van der Waals surface area contributed by atoms with Gasteiger partial charge < -0.3 is 15.5 Å². The van der Waals surface area contributed by atoms with Crippen LogP contribution in [0.4, 0.5) is 0 Å². The molecule has 0 radical (unpaired) electrons. The van der Waals surface area contributed by atoms with Gasteiger partial charge in [0.05, 0.1) is 5.60 Å². The minimum Gasteiger partial charge on any atom is -0.396 e. The standard InChI is InChI=1S/C26H38BrNO2.ClH/c1-2-3-4-5-9-18-26(30,23-14-16-24(27)17-15-23)25(21-28-19-10-11-20-29)22-12-7-6-8-13-22;/h6-8,12-17,25,28-30H,2-5,9-11,18-21H2,1H3;1H. The van der Waals surface area contributed by atoms with E-state index in [4.69, 9.17) is 5.11 Å². The molecule has 0 aromatic heterocycles. The molecule has 2 unspecified atom stereocenters. The zero-order chi connectivity index (χ0) is 21.7. The van der Waals surface area contributed by atoms with Crippen LogP contribution in [0.25, 0.3) is 0 Å². The van der Waals surface area contributed by atoms with E-state index in [2.05, 4.69) is 64.6 Å². The average molecular weight is 513 g/mol. The van der Waals surface area contributed by atoms with E-state index in [1.165, 1.54) is 19.3 Å². The van der Waals surface area contributed by atoms with E-state index in [0.29, 0.717) is 6.54 Å². The van der Waals surface area contributed by atoms with E-state index in [9.17, 15) is 5.11 Å². The maximum absolute atomic E-state index is 12.2. The van der Waals surface area contributed by atoms with Crippen LogP contribution in [0, 0.1) is 0 Å². The molecule has 5 heteroatoms. The van der Waals surface area contributed by atoms with Crippen molar-refractivity contribution in [1.29, 1.82) is 0 Å². The van der Waals surface area contributed by atoms with Gasteiger partial charge in [-0.15, -0.1) is 12.4 Å². The van der Waals surface area contributed by atoms with E-state index in [1.807, 2.05) is 18.2 Å². The van der Waals surface area contributed by atoms with Crippen LogP contribution in [0.1, 0.15) is 75.3 Å². The number of unbranched alkanes of at least 4 members (excludes halogenated alkanes) is 5. The molecule has 2 atom stereocenters. The highest BCUT2D eigenvalue weighted by molar-refractivity contribution is 9.10. The fourth-order valence-electron chi connectivity index (χ4n) is 4.11. The zero-order valence-electron chi connectivity index (χ0n) is 18.7. The molecule has 2 aromatic carbocycles. The highest BCUT2D eigenvalue weighted by Crippen LogP contribution is 2.41. The normalized spacial score (nSPS) is 13.9. The van der Waals surface area contributed by atoms with Gasteiger partial charge in [-0.25, -0.2) is 0 Å². The molecule has 0 amide bonds. The van der Waals surface area contributed by atoms with Gasteiger partial charge in [0.2, 0.25) is 0 Å². The minimum absolute atomic E-state index is 0. The van der Waals surface area contributed by atoms with Crippen molar-refractivity contribution in [2.24, 2.45) is 0 Å². The first-order chi connectivity index (χ1) is 14.6. The van der Waals surface area contributed by atoms with E-state index < -0.39 is 5.60 Å². The number of rotatable bonds is 15. The largest absolute Gasteiger partial charge is 0.396 e. The second-order valence-corrected chi connectivity index (χ2v) is 9.11. The molecule has 174 valence electrons. The first-order valence-electron chi connectivity index (χ1n) is 11.5. The topological polar surface area (TPSA) is 52.5 Å². The van der Waals surface area contributed by atoms with Crippen molar-refractivity contribution >= 4 is 28.3 Å². The first kappa shape index (κ1) is 28.1. The molecule has 3 nitrogen and oxygen atoms in total. The van der Waals surface area contributed by atoms with Gasteiger partial charge in [-0.3, -0.25) is 0 Å². The summed E-state index contributed by atoms with van der Waals surface area (Å²) in [6.07, 6.45) is 8.35. The second kappa shape index (κ2) is 15.8. The Balaban J connectivity index is 0.00000480. The molecule has 0 aliphatic heterocycles. The first-order valence-corrected chi connectivity index (χ1v) is 12.3. The summed E-state index contributed by atoms with van der Waals surface area (Å²) in [5.74, 6) is -0.0415. The quantitative estimate of drug-likeness (QED) is 0.237. The van der Waals surface area contributed by atoms with Crippen molar-refractivity contribution in [3.05, 3.63) is 70.2 Å². The molecule has 2 rings (SSSR count). The van der Waals surface area contributed by atoms with E-state index in [0.717, 1.165) is 54.2 Å². The highest BCUT2D eigenvalue weighted by Gasteiger charge is 2.38. The Kier molecular flexibility index (Phi) is 14.4. The van der Waals surface area contributed by atoms with E-state index in [1.54, 1.807) is 0 Å². The van der Waals surface area contributed by atoms with Gasteiger partial charge in [0.15, 0.2) is 0 Å². The predicted molar refractivity (Wildman–Crippen MR) is 137 cm³/mol. The Hall–Kier alpha value is -0.910. The van der Waals surface area contributed by atoms with Gasteiger partial charge in [-0.2, -0.15) is 0 Å². The van der Waals surface area contributed by atoms with E-state index >= 15 is 0 Å². The number of halogens is 2. The van der Waals surface area contributed by atoms with Crippen molar-refractivity contribution in [3.63, 3.8) is 0 Å². The molecule has 0 heterocycles. The van der Waals surface area contributed by atoms with Crippen LogP contribution in [0.5, 0.6) is 0 Å². The SMILES string of the molecule is CCCCCCCC(O)(c1ccc(Br)cc1)C(CNCCCCO)c1ccccc1.Cl. The van der Waals surface area contributed by atoms with Gasteiger partial charge in [0.25, 0.3) is 0 Å². The summed E-state index contributed by atoms with van der Waals surface area (Å²) in [6.45, 7) is 4.00. The smallest absolute Gasteiger partial charge is 0.0976 e. The summed E-state index contributed by atoms with van der Waals surface area (Å²) in [6, 6.07) is 18.5. The molecule has 0 spiro atoms. The third kappa shape index (κ3) is 9.23. The lowest BCUT2D eigenvalue weighted by molar-refractivity contribution is -0.00409. The molecule has 0 aliphatic rings. The van der Waals surface area contributed by atoms with Crippen molar-refractivity contribution in [1.82, 2.24) is 5.32 Å². The van der Waals surface area contributed by atoms with Gasteiger partial charge in [0.1, 0.15) is 0 Å². The van der Waals surface area contributed by atoms with Crippen LogP contribution in [0.3, 0.4) is 0 Å². The lowest BCUT2D eigenvalue weighted by atomic mass is 9.74. The molecular formula is C26H39BrClNO2. The number of nitrogens with one attached hydrogen (secondary N) is 1. The van der Waals surface area contributed by atoms with Crippen LogP contribution >= 0.6 is 28.3 Å². The summed E-state index contributed by atoms with van der Waals surface area (Å²) in [5, 5.41) is 24.7. The summed E-state index contributed by atoms with van der Waals surface area (Å²) < 4.78 is 1.02. The zero-order valence-corrected chi connectivity index (χ0v) is 21.1. The number of aliphatic hydroxyl groups is 2. The predicted octanol–water partition coefficient (Wildman–Crippen LogP) is 6.56. The highest BCUT2D eigenvalue weighted by atomic mass is 79.9. The maximum Gasteiger partial charge on any atom is 0.0976 e. The Morgan fingerprint density at radius 2 is 1.58 bits per heavy atom. The number of hydrogen-bond acceptors (Lipinski definition) is 3. The van der Waals surface area contributed by atoms with Crippen molar-refractivity contribution in [2.75, 3.05) is 19.7 Å². The Morgan fingerprint density at radius 3 is 2.23 bits per heavy atom. The summed E-state index contributed by atoms with van der Waals surface area (Å²) in [7, 11) is 0. The second-order valence-electron chi connectivity index (χ2n) is 8.19. The van der Waals surface area contributed by atoms with Crippen LogP contribution in [0.2, 0.25) is 0 Å². The number of hydrogen-bond donors (Lipinski definition) is 3. The van der Waals surface area contributed by atoms with Gasteiger partial charge in [0, 0.05) is 23.5 Å². The molecule has 0 saturated heterocycles. The minimum atomic E-state index is -0.932. The average Bonchev–Trinajstić information content (AvgIpc) is 2.77. The van der Waals surface area contributed by atoms with Crippen molar-refractivity contribution in [3.8, 4) is 0 Å². The van der Waals surface area contributed by atoms with E-state index in [-0.39, 0.29) is 24.9 Å².